The van der Waals surface area contributed by atoms with Gasteiger partial charge in [0.2, 0.25) is 0 Å². The van der Waals surface area contributed by atoms with Gasteiger partial charge in [-0.05, 0) is 42.3 Å². The van der Waals surface area contributed by atoms with Crippen molar-refractivity contribution in [2.75, 3.05) is 0 Å². The van der Waals surface area contributed by atoms with Crippen LogP contribution in [-0.4, -0.2) is 21.6 Å². The first-order valence-corrected chi connectivity index (χ1v) is 10.4. The molecule has 0 atom stereocenters. The van der Waals surface area contributed by atoms with Crippen LogP contribution in [0.3, 0.4) is 0 Å². The van der Waals surface area contributed by atoms with Gasteiger partial charge in [-0.3, -0.25) is 4.79 Å². The number of benzene rings is 3. The molecule has 0 radical (unpaired) electrons. The van der Waals surface area contributed by atoms with Crippen molar-refractivity contribution in [1.82, 2.24) is 9.66 Å². The number of rotatable bonds is 6. The lowest BCUT2D eigenvalue weighted by atomic mass is 10.1. The molecule has 0 unspecified atom stereocenters. The van der Waals surface area contributed by atoms with E-state index in [0.29, 0.717) is 16.7 Å². The van der Waals surface area contributed by atoms with Crippen molar-refractivity contribution in [2.45, 2.75) is 13.5 Å². The Balaban J connectivity index is 1.67. The number of para-hydroxylation sites is 1. The maximum atomic E-state index is 13.1. The molecule has 1 aromatic heterocycles. The molecule has 3 aromatic carbocycles. The Labute approximate surface area is 187 Å². The highest BCUT2D eigenvalue weighted by atomic mass is 79.9. The average molecular weight is 475 g/mol. The molecule has 6 nitrogen and oxygen atoms in total. The zero-order valence-electron chi connectivity index (χ0n) is 16.8. The Morgan fingerprint density at radius 2 is 1.74 bits per heavy atom. The topological polar surface area (TPSA) is 68.8 Å². The standard InChI is InChI=1S/C24H19BrN4O2/c1-17(19-7-3-2-4-8-19)28-31-16-23-27-22-10-6-5-9-21(22)24(30)29(23)26-15-18-11-13-20(25)14-12-18/h2-15H,16H2,1H3/b26-15-,28-17-. The van der Waals surface area contributed by atoms with Gasteiger partial charge in [-0.15, -0.1) is 0 Å². The Morgan fingerprint density at radius 3 is 2.52 bits per heavy atom. The van der Waals surface area contributed by atoms with Gasteiger partial charge in [0.25, 0.3) is 5.56 Å². The molecule has 0 saturated carbocycles. The molecule has 0 fully saturated rings. The smallest absolute Gasteiger partial charge is 0.282 e. The van der Waals surface area contributed by atoms with E-state index in [2.05, 4.69) is 31.2 Å². The van der Waals surface area contributed by atoms with Gasteiger partial charge in [0, 0.05) is 4.47 Å². The predicted molar refractivity (Wildman–Crippen MR) is 127 cm³/mol. The third-order valence-corrected chi connectivity index (χ3v) is 5.13. The first-order chi connectivity index (χ1) is 15.1. The number of halogens is 1. The van der Waals surface area contributed by atoms with Crippen LogP contribution in [-0.2, 0) is 11.4 Å². The Bertz CT molecular complexity index is 1310. The molecule has 154 valence electrons. The van der Waals surface area contributed by atoms with Crippen LogP contribution < -0.4 is 5.56 Å². The van der Waals surface area contributed by atoms with Crippen LogP contribution in [0.25, 0.3) is 10.9 Å². The number of fused-ring (bicyclic) bond motifs is 1. The summed E-state index contributed by atoms with van der Waals surface area (Å²) in [5.41, 5.74) is 2.87. The van der Waals surface area contributed by atoms with Crippen molar-refractivity contribution in [3.05, 3.63) is 111 Å². The SMILES string of the molecule is C/C(=N/OCc1nc2ccccc2c(=O)n1/N=C\c1ccc(Br)cc1)c1ccccc1. The quantitative estimate of drug-likeness (QED) is 0.292. The van der Waals surface area contributed by atoms with Crippen molar-refractivity contribution in [3.8, 4) is 0 Å². The van der Waals surface area contributed by atoms with E-state index in [0.717, 1.165) is 21.3 Å². The van der Waals surface area contributed by atoms with Crippen LogP contribution in [0, 0.1) is 0 Å². The van der Waals surface area contributed by atoms with Gasteiger partial charge in [-0.25, -0.2) is 4.98 Å². The summed E-state index contributed by atoms with van der Waals surface area (Å²) in [6, 6.07) is 24.5. The molecule has 0 bridgehead atoms. The molecule has 31 heavy (non-hydrogen) atoms. The number of nitrogens with zero attached hydrogens (tertiary/aromatic N) is 4. The fourth-order valence-corrected chi connectivity index (χ4v) is 3.24. The number of hydrogen-bond acceptors (Lipinski definition) is 5. The van der Waals surface area contributed by atoms with Crippen LogP contribution in [0.1, 0.15) is 23.9 Å². The summed E-state index contributed by atoms with van der Waals surface area (Å²) in [6.07, 6.45) is 1.62. The lowest BCUT2D eigenvalue weighted by Gasteiger charge is -2.09. The maximum absolute atomic E-state index is 13.1. The lowest BCUT2D eigenvalue weighted by Crippen LogP contribution is -2.22. The third kappa shape index (κ3) is 4.95. The highest BCUT2D eigenvalue weighted by Crippen LogP contribution is 2.11. The van der Waals surface area contributed by atoms with Crippen molar-refractivity contribution in [3.63, 3.8) is 0 Å². The maximum Gasteiger partial charge on any atom is 0.282 e. The van der Waals surface area contributed by atoms with Gasteiger partial charge >= 0.3 is 0 Å². The van der Waals surface area contributed by atoms with Crippen molar-refractivity contribution in [2.24, 2.45) is 10.3 Å². The zero-order valence-corrected chi connectivity index (χ0v) is 18.4. The van der Waals surface area contributed by atoms with Crippen molar-refractivity contribution >= 4 is 38.8 Å². The van der Waals surface area contributed by atoms with E-state index in [1.165, 1.54) is 4.68 Å². The monoisotopic (exact) mass is 474 g/mol. The first-order valence-electron chi connectivity index (χ1n) is 9.64. The minimum Gasteiger partial charge on any atom is -0.387 e. The average Bonchev–Trinajstić information content (AvgIpc) is 2.80. The second-order valence-corrected chi connectivity index (χ2v) is 7.69. The van der Waals surface area contributed by atoms with Crippen LogP contribution in [0.2, 0.25) is 0 Å². The summed E-state index contributed by atoms with van der Waals surface area (Å²) in [5, 5.41) is 9.05. The van der Waals surface area contributed by atoms with Crippen molar-refractivity contribution < 1.29 is 4.84 Å². The van der Waals surface area contributed by atoms with Crippen LogP contribution in [0.4, 0.5) is 0 Å². The van der Waals surface area contributed by atoms with Crippen LogP contribution in [0.5, 0.6) is 0 Å². The summed E-state index contributed by atoms with van der Waals surface area (Å²) >= 11 is 3.41. The molecular weight excluding hydrogens is 456 g/mol. The minimum absolute atomic E-state index is 0.00191. The number of oxime groups is 1. The summed E-state index contributed by atoms with van der Waals surface area (Å²) in [4.78, 5) is 23.2. The van der Waals surface area contributed by atoms with E-state index in [4.69, 9.17) is 4.84 Å². The Kier molecular flexibility index (Phi) is 6.33. The van der Waals surface area contributed by atoms with E-state index in [9.17, 15) is 4.79 Å². The van der Waals surface area contributed by atoms with E-state index in [1.54, 1.807) is 24.4 Å². The van der Waals surface area contributed by atoms with Crippen molar-refractivity contribution in [1.29, 1.82) is 0 Å². The summed E-state index contributed by atoms with van der Waals surface area (Å²) in [6.45, 7) is 1.86. The summed E-state index contributed by atoms with van der Waals surface area (Å²) in [7, 11) is 0. The number of hydrogen-bond donors (Lipinski definition) is 0. The second kappa shape index (κ2) is 9.49. The largest absolute Gasteiger partial charge is 0.387 e. The fraction of sp³-hybridized carbons (Fsp3) is 0.0833. The molecule has 0 aliphatic carbocycles. The van der Waals surface area contributed by atoms with Gasteiger partial charge in [0.15, 0.2) is 12.4 Å². The normalized spacial score (nSPS) is 11.9. The summed E-state index contributed by atoms with van der Waals surface area (Å²) in [5.74, 6) is 0.363. The molecule has 0 aliphatic heterocycles. The van der Waals surface area contributed by atoms with E-state index < -0.39 is 0 Å². The molecule has 1 heterocycles. The summed E-state index contributed by atoms with van der Waals surface area (Å²) < 4.78 is 2.23. The number of aromatic nitrogens is 2. The molecule has 0 saturated heterocycles. The van der Waals surface area contributed by atoms with Gasteiger partial charge < -0.3 is 4.84 Å². The molecule has 4 aromatic rings. The molecule has 4 rings (SSSR count). The van der Waals surface area contributed by atoms with E-state index >= 15 is 0 Å². The Hall–Kier alpha value is -3.58. The van der Waals surface area contributed by atoms with Gasteiger partial charge in [0.1, 0.15) is 0 Å². The molecule has 0 amide bonds. The van der Waals surface area contributed by atoms with Crippen LogP contribution >= 0.6 is 15.9 Å². The minimum atomic E-state index is -0.263. The van der Waals surface area contributed by atoms with Gasteiger partial charge in [-0.1, -0.05) is 75.7 Å². The Morgan fingerprint density at radius 1 is 1.03 bits per heavy atom. The molecule has 0 aliphatic rings. The zero-order chi connectivity index (χ0) is 21.6. The lowest BCUT2D eigenvalue weighted by molar-refractivity contribution is 0.122. The van der Waals surface area contributed by atoms with E-state index in [1.807, 2.05) is 67.6 Å². The second-order valence-electron chi connectivity index (χ2n) is 6.77. The van der Waals surface area contributed by atoms with Gasteiger partial charge in [0.05, 0.1) is 22.8 Å². The highest BCUT2D eigenvalue weighted by Gasteiger charge is 2.11. The fourth-order valence-electron chi connectivity index (χ4n) is 2.97. The van der Waals surface area contributed by atoms with Crippen LogP contribution in [0.15, 0.2) is 98.4 Å². The molecular formula is C24H19BrN4O2. The third-order valence-electron chi connectivity index (χ3n) is 4.60. The van der Waals surface area contributed by atoms with E-state index in [-0.39, 0.29) is 12.2 Å². The highest BCUT2D eigenvalue weighted by molar-refractivity contribution is 9.10. The molecule has 0 N–H and O–H groups in total. The molecule has 0 spiro atoms. The molecule has 7 heteroatoms. The van der Waals surface area contributed by atoms with Gasteiger partial charge in [-0.2, -0.15) is 9.78 Å². The predicted octanol–water partition coefficient (Wildman–Crippen LogP) is 4.98. The first kappa shape index (κ1) is 20.7.